The lowest BCUT2D eigenvalue weighted by molar-refractivity contribution is 1.13. The maximum atomic E-state index is 6.01. The molecule has 0 atom stereocenters. The third kappa shape index (κ3) is 2.59. The highest BCUT2D eigenvalue weighted by molar-refractivity contribution is 6.31. The zero-order valence-electron chi connectivity index (χ0n) is 10.7. The number of aryl methyl sites for hydroxylation is 1. The number of nitrogens with zero attached hydrogens (tertiary/aromatic N) is 1. The number of hydrogen-bond acceptors (Lipinski definition) is 2. The zero-order chi connectivity index (χ0) is 13.1. The summed E-state index contributed by atoms with van der Waals surface area (Å²) in [7, 11) is 1.99. The van der Waals surface area contributed by atoms with Gasteiger partial charge in [0.1, 0.15) is 0 Å². The predicted molar refractivity (Wildman–Crippen MR) is 79.7 cm³/mol. The van der Waals surface area contributed by atoms with Gasteiger partial charge in [-0.2, -0.15) is 0 Å². The van der Waals surface area contributed by atoms with Gasteiger partial charge < -0.3 is 10.6 Å². The number of anilines is 3. The van der Waals surface area contributed by atoms with E-state index >= 15 is 0 Å². The third-order valence-corrected chi connectivity index (χ3v) is 3.32. The van der Waals surface area contributed by atoms with Gasteiger partial charge in [0.05, 0.1) is 11.4 Å². The Bertz CT molecular complexity index is 535. The molecule has 0 aliphatic rings. The molecule has 0 saturated heterocycles. The first-order valence-corrected chi connectivity index (χ1v) is 6.37. The summed E-state index contributed by atoms with van der Waals surface area (Å²) >= 11 is 6.01. The highest BCUT2D eigenvalue weighted by atomic mass is 35.5. The lowest BCUT2D eigenvalue weighted by atomic mass is 10.1. The normalized spacial score (nSPS) is 10.4. The fourth-order valence-corrected chi connectivity index (χ4v) is 2.07. The van der Waals surface area contributed by atoms with Gasteiger partial charge in [0, 0.05) is 17.8 Å². The van der Waals surface area contributed by atoms with Crippen molar-refractivity contribution in [3.8, 4) is 0 Å². The SMILES string of the molecule is CCc1ccc(N(C)c2cc(Cl)ccc2N)cc1. The molecule has 0 aromatic heterocycles. The van der Waals surface area contributed by atoms with Crippen LogP contribution in [-0.2, 0) is 6.42 Å². The lowest BCUT2D eigenvalue weighted by Gasteiger charge is -2.21. The fourth-order valence-electron chi connectivity index (χ4n) is 1.90. The van der Waals surface area contributed by atoms with Gasteiger partial charge in [0.2, 0.25) is 0 Å². The van der Waals surface area contributed by atoms with Gasteiger partial charge in [0.25, 0.3) is 0 Å². The van der Waals surface area contributed by atoms with Crippen molar-refractivity contribution in [1.82, 2.24) is 0 Å². The van der Waals surface area contributed by atoms with Gasteiger partial charge >= 0.3 is 0 Å². The van der Waals surface area contributed by atoms with Crippen molar-refractivity contribution in [3.05, 3.63) is 53.1 Å². The fraction of sp³-hybridized carbons (Fsp3) is 0.200. The van der Waals surface area contributed by atoms with Crippen LogP contribution in [0.4, 0.5) is 17.1 Å². The molecule has 0 amide bonds. The smallest absolute Gasteiger partial charge is 0.0656 e. The maximum absolute atomic E-state index is 6.01. The molecule has 2 nitrogen and oxygen atoms in total. The van der Waals surface area contributed by atoms with Crippen molar-refractivity contribution in [2.24, 2.45) is 0 Å². The van der Waals surface area contributed by atoms with Crippen LogP contribution in [0, 0.1) is 0 Å². The van der Waals surface area contributed by atoms with Crippen molar-refractivity contribution in [2.45, 2.75) is 13.3 Å². The van der Waals surface area contributed by atoms with Crippen molar-refractivity contribution in [2.75, 3.05) is 17.7 Å². The minimum absolute atomic E-state index is 0.691. The molecular weight excluding hydrogens is 244 g/mol. The second-order valence-corrected chi connectivity index (χ2v) is 4.72. The van der Waals surface area contributed by atoms with E-state index in [9.17, 15) is 0 Å². The molecule has 0 spiro atoms. The maximum Gasteiger partial charge on any atom is 0.0656 e. The summed E-state index contributed by atoms with van der Waals surface area (Å²) in [6.07, 6.45) is 1.04. The van der Waals surface area contributed by atoms with E-state index in [4.69, 9.17) is 17.3 Å². The summed E-state index contributed by atoms with van der Waals surface area (Å²) in [5, 5.41) is 0.691. The molecule has 0 heterocycles. The first-order valence-electron chi connectivity index (χ1n) is 5.99. The molecular formula is C15H17ClN2. The molecule has 0 saturated carbocycles. The molecule has 3 heteroatoms. The Hall–Kier alpha value is -1.67. The molecule has 0 radical (unpaired) electrons. The Morgan fingerprint density at radius 1 is 1.11 bits per heavy atom. The van der Waals surface area contributed by atoms with E-state index in [0.717, 1.165) is 23.5 Å². The number of rotatable bonds is 3. The van der Waals surface area contributed by atoms with Crippen LogP contribution in [0.15, 0.2) is 42.5 Å². The minimum Gasteiger partial charge on any atom is -0.397 e. The molecule has 0 fully saturated rings. The van der Waals surface area contributed by atoms with Crippen molar-refractivity contribution in [1.29, 1.82) is 0 Å². The number of nitrogen functional groups attached to an aromatic ring is 1. The molecule has 0 bridgehead atoms. The molecule has 2 N–H and O–H groups in total. The van der Waals surface area contributed by atoms with Crippen molar-refractivity contribution < 1.29 is 0 Å². The van der Waals surface area contributed by atoms with Crippen molar-refractivity contribution >= 4 is 28.7 Å². The van der Waals surface area contributed by atoms with Gasteiger partial charge in [-0.3, -0.25) is 0 Å². The van der Waals surface area contributed by atoms with Crippen LogP contribution in [0.3, 0.4) is 0 Å². The van der Waals surface area contributed by atoms with Gasteiger partial charge in [-0.05, 0) is 42.3 Å². The highest BCUT2D eigenvalue weighted by Crippen LogP contribution is 2.31. The van der Waals surface area contributed by atoms with Crippen LogP contribution < -0.4 is 10.6 Å². The number of halogens is 1. The quantitative estimate of drug-likeness (QED) is 0.836. The van der Waals surface area contributed by atoms with Crippen LogP contribution in [-0.4, -0.2) is 7.05 Å². The minimum atomic E-state index is 0.691. The summed E-state index contributed by atoms with van der Waals surface area (Å²) in [6, 6.07) is 14.0. The lowest BCUT2D eigenvalue weighted by Crippen LogP contribution is -2.11. The van der Waals surface area contributed by atoms with Gasteiger partial charge in [-0.25, -0.2) is 0 Å². The van der Waals surface area contributed by atoms with E-state index in [1.807, 2.05) is 24.1 Å². The Morgan fingerprint density at radius 3 is 2.39 bits per heavy atom. The molecule has 2 aromatic carbocycles. The summed E-state index contributed by atoms with van der Waals surface area (Å²) in [6.45, 7) is 2.15. The van der Waals surface area contributed by atoms with E-state index in [1.165, 1.54) is 5.56 Å². The average Bonchev–Trinajstić information content (AvgIpc) is 2.41. The monoisotopic (exact) mass is 260 g/mol. The van der Waals surface area contributed by atoms with Crippen LogP contribution in [0.25, 0.3) is 0 Å². The van der Waals surface area contributed by atoms with Gasteiger partial charge in [0.15, 0.2) is 0 Å². The van der Waals surface area contributed by atoms with E-state index in [1.54, 1.807) is 6.07 Å². The van der Waals surface area contributed by atoms with Crippen LogP contribution >= 0.6 is 11.6 Å². The number of hydrogen-bond donors (Lipinski definition) is 1. The molecule has 2 rings (SSSR count). The number of nitrogens with two attached hydrogens (primary N) is 1. The van der Waals surface area contributed by atoms with E-state index in [-0.39, 0.29) is 0 Å². The summed E-state index contributed by atoms with van der Waals surface area (Å²) < 4.78 is 0. The molecule has 18 heavy (non-hydrogen) atoms. The van der Waals surface area contributed by atoms with Gasteiger partial charge in [-0.1, -0.05) is 30.7 Å². The predicted octanol–water partition coefficient (Wildman–Crippen LogP) is 4.25. The Kier molecular flexibility index (Phi) is 3.78. The Labute approximate surface area is 113 Å². The Balaban J connectivity index is 2.34. The summed E-state index contributed by atoms with van der Waals surface area (Å²) in [5.74, 6) is 0. The second-order valence-electron chi connectivity index (χ2n) is 4.28. The van der Waals surface area contributed by atoms with Crippen LogP contribution in [0.2, 0.25) is 5.02 Å². The molecule has 2 aromatic rings. The molecule has 0 unspecified atom stereocenters. The first-order chi connectivity index (χ1) is 8.61. The topological polar surface area (TPSA) is 29.3 Å². The van der Waals surface area contributed by atoms with Gasteiger partial charge in [-0.15, -0.1) is 0 Å². The second kappa shape index (κ2) is 5.32. The molecule has 0 aliphatic carbocycles. The average molecular weight is 261 g/mol. The standard InChI is InChI=1S/C15H17ClN2/c1-3-11-4-7-13(8-5-11)18(2)15-10-12(16)6-9-14(15)17/h4-10H,3,17H2,1-2H3. The number of benzene rings is 2. The third-order valence-electron chi connectivity index (χ3n) is 3.09. The highest BCUT2D eigenvalue weighted by Gasteiger charge is 2.08. The summed E-state index contributed by atoms with van der Waals surface area (Å²) in [4.78, 5) is 2.04. The van der Waals surface area contributed by atoms with E-state index in [2.05, 4.69) is 31.2 Å². The molecule has 0 aliphatic heterocycles. The van der Waals surface area contributed by atoms with E-state index < -0.39 is 0 Å². The van der Waals surface area contributed by atoms with Crippen LogP contribution in [0.1, 0.15) is 12.5 Å². The Morgan fingerprint density at radius 2 is 1.78 bits per heavy atom. The first kappa shape index (κ1) is 12.8. The largest absolute Gasteiger partial charge is 0.397 e. The summed E-state index contributed by atoms with van der Waals surface area (Å²) in [5.41, 5.74) is 10.1. The zero-order valence-corrected chi connectivity index (χ0v) is 11.4. The molecule has 94 valence electrons. The van der Waals surface area contributed by atoms with Crippen molar-refractivity contribution in [3.63, 3.8) is 0 Å². The van der Waals surface area contributed by atoms with E-state index in [0.29, 0.717) is 5.02 Å². The van der Waals surface area contributed by atoms with Crippen LogP contribution in [0.5, 0.6) is 0 Å².